The van der Waals surface area contributed by atoms with Crippen LogP contribution in [0.15, 0.2) is 35.6 Å². The number of guanidine groups is 1. The van der Waals surface area contributed by atoms with Crippen LogP contribution in [0.5, 0.6) is 5.75 Å². The Balaban J connectivity index is 0.00000364. The number of nitrogens with zero attached hydrogens (tertiary/aromatic N) is 5. The zero-order valence-electron chi connectivity index (χ0n) is 15.6. The van der Waals surface area contributed by atoms with Crippen molar-refractivity contribution < 1.29 is 13.5 Å². The maximum absolute atomic E-state index is 12.2. The molecule has 2 rings (SSSR count). The topological polar surface area (TPSA) is 67.6 Å². The molecule has 10 heteroatoms. The monoisotopic (exact) mass is 494 g/mol. The highest BCUT2D eigenvalue weighted by atomic mass is 127. The van der Waals surface area contributed by atoms with E-state index in [0.717, 1.165) is 30.3 Å². The molecule has 1 aromatic heterocycles. The minimum absolute atomic E-state index is 0. The van der Waals surface area contributed by atoms with Gasteiger partial charge in [0.25, 0.3) is 0 Å². The molecule has 0 bridgehead atoms. The molecule has 0 aliphatic rings. The summed E-state index contributed by atoms with van der Waals surface area (Å²) in [5.74, 6) is 1.83. The van der Waals surface area contributed by atoms with Gasteiger partial charge in [-0.25, -0.2) is 0 Å². The molecule has 0 unspecified atom stereocenters. The maximum Gasteiger partial charge on any atom is 0.387 e. The predicted octanol–water partition coefficient (Wildman–Crippen LogP) is 2.77. The van der Waals surface area contributed by atoms with Crippen LogP contribution in [-0.2, 0) is 19.5 Å². The van der Waals surface area contributed by atoms with Crippen LogP contribution in [0.25, 0.3) is 0 Å². The number of alkyl halides is 2. The fraction of sp³-hybridized carbons (Fsp3) is 0.471. The first-order valence-electron chi connectivity index (χ1n) is 8.35. The molecule has 0 amide bonds. The van der Waals surface area contributed by atoms with Crippen LogP contribution in [-0.4, -0.2) is 52.9 Å². The molecule has 0 radical (unpaired) electrons. The average molecular weight is 494 g/mol. The normalized spacial score (nSPS) is 11.3. The Morgan fingerprint density at radius 1 is 1.33 bits per heavy atom. The second-order valence-electron chi connectivity index (χ2n) is 5.65. The quantitative estimate of drug-likeness (QED) is 0.348. The van der Waals surface area contributed by atoms with Crippen LogP contribution in [0.4, 0.5) is 8.78 Å². The van der Waals surface area contributed by atoms with Crippen molar-refractivity contribution >= 4 is 29.9 Å². The second-order valence-corrected chi connectivity index (χ2v) is 5.65. The number of hydrogen-bond donors (Lipinski definition) is 1. The van der Waals surface area contributed by atoms with Crippen molar-refractivity contribution in [1.29, 1.82) is 0 Å². The summed E-state index contributed by atoms with van der Waals surface area (Å²) < 4.78 is 30.7. The summed E-state index contributed by atoms with van der Waals surface area (Å²) in [6.45, 7) is 1.23. The summed E-state index contributed by atoms with van der Waals surface area (Å²) in [7, 11) is 3.63. The van der Waals surface area contributed by atoms with E-state index in [9.17, 15) is 8.78 Å². The minimum Gasteiger partial charge on any atom is -0.435 e. The van der Waals surface area contributed by atoms with Gasteiger partial charge >= 0.3 is 6.61 Å². The Morgan fingerprint density at radius 2 is 2.04 bits per heavy atom. The number of hydrogen-bond acceptors (Lipinski definition) is 4. The molecule has 0 atom stereocenters. The van der Waals surface area contributed by atoms with Gasteiger partial charge in [0.15, 0.2) is 5.96 Å². The van der Waals surface area contributed by atoms with Gasteiger partial charge in [0.2, 0.25) is 0 Å². The van der Waals surface area contributed by atoms with Crippen LogP contribution < -0.4 is 10.1 Å². The van der Waals surface area contributed by atoms with Crippen molar-refractivity contribution in [3.05, 3.63) is 42.0 Å². The molecular formula is C17H25F2IN6O. The smallest absolute Gasteiger partial charge is 0.387 e. The highest BCUT2D eigenvalue weighted by Crippen LogP contribution is 2.15. The number of aliphatic imine (C=N–C) groups is 1. The molecule has 1 heterocycles. The van der Waals surface area contributed by atoms with Gasteiger partial charge in [0, 0.05) is 40.2 Å². The molecule has 0 aliphatic carbocycles. The molecule has 0 saturated heterocycles. The van der Waals surface area contributed by atoms with Crippen molar-refractivity contribution in [2.24, 2.45) is 4.99 Å². The van der Waals surface area contributed by atoms with E-state index in [-0.39, 0.29) is 29.7 Å². The van der Waals surface area contributed by atoms with E-state index in [1.807, 2.05) is 23.4 Å². The lowest BCUT2D eigenvalue weighted by Crippen LogP contribution is -2.39. The number of nitrogens with one attached hydrogen (secondary N) is 1. The fourth-order valence-corrected chi connectivity index (χ4v) is 2.54. The first-order valence-corrected chi connectivity index (χ1v) is 8.35. The molecule has 0 spiro atoms. The Hall–Kier alpha value is -1.98. The molecule has 0 aliphatic heterocycles. The zero-order chi connectivity index (χ0) is 18.9. The standard InChI is InChI=1S/C17H24F2N6O.HI/c1-4-15-23-22-12-25(15)10-9-21-17(20-2)24(3)11-13-5-7-14(8-6-13)26-16(18)19;/h5-8,12,16H,4,9-11H2,1-3H3,(H,20,21);1H. The number of aryl methyl sites for hydroxylation is 1. The first-order chi connectivity index (χ1) is 12.5. The molecule has 0 fully saturated rings. The largest absolute Gasteiger partial charge is 0.435 e. The summed E-state index contributed by atoms with van der Waals surface area (Å²) in [5.41, 5.74) is 0.962. The Morgan fingerprint density at radius 3 is 2.63 bits per heavy atom. The van der Waals surface area contributed by atoms with E-state index in [2.05, 4.69) is 25.2 Å². The summed E-state index contributed by atoms with van der Waals surface area (Å²) in [4.78, 5) is 6.22. The molecule has 0 saturated carbocycles. The molecule has 1 N–H and O–H groups in total. The van der Waals surface area contributed by atoms with Crippen molar-refractivity contribution in [2.75, 3.05) is 20.6 Å². The van der Waals surface area contributed by atoms with Crippen LogP contribution in [0, 0.1) is 0 Å². The Bertz CT molecular complexity index is 708. The van der Waals surface area contributed by atoms with E-state index in [1.54, 1.807) is 25.5 Å². The number of ether oxygens (including phenoxy) is 1. The third kappa shape index (κ3) is 7.27. The minimum atomic E-state index is -2.81. The Labute approximate surface area is 174 Å². The first kappa shape index (κ1) is 23.1. The zero-order valence-corrected chi connectivity index (χ0v) is 17.9. The highest BCUT2D eigenvalue weighted by Gasteiger charge is 2.08. The lowest BCUT2D eigenvalue weighted by molar-refractivity contribution is -0.0498. The predicted molar refractivity (Wildman–Crippen MR) is 111 cm³/mol. The maximum atomic E-state index is 12.2. The SMILES string of the molecule is CCc1nncn1CCNC(=NC)N(C)Cc1ccc(OC(F)F)cc1.I. The van der Waals surface area contributed by atoms with E-state index in [4.69, 9.17) is 0 Å². The van der Waals surface area contributed by atoms with Gasteiger partial charge in [-0.15, -0.1) is 34.2 Å². The van der Waals surface area contributed by atoms with Crippen LogP contribution >= 0.6 is 24.0 Å². The molecule has 7 nitrogen and oxygen atoms in total. The highest BCUT2D eigenvalue weighted by molar-refractivity contribution is 14.0. The van der Waals surface area contributed by atoms with Crippen LogP contribution in [0.3, 0.4) is 0 Å². The molecule has 27 heavy (non-hydrogen) atoms. The average Bonchev–Trinajstić information content (AvgIpc) is 3.07. The third-order valence-corrected chi connectivity index (χ3v) is 3.79. The van der Waals surface area contributed by atoms with Gasteiger partial charge in [-0.1, -0.05) is 19.1 Å². The lowest BCUT2D eigenvalue weighted by atomic mass is 10.2. The molecule has 1 aromatic carbocycles. The lowest BCUT2D eigenvalue weighted by Gasteiger charge is -2.22. The molecular weight excluding hydrogens is 469 g/mol. The number of benzene rings is 1. The van der Waals surface area contributed by atoms with E-state index in [0.29, 0.717) is 13.1 Å². The summed E-state index contributed by atoms with van der Waals surface area (Å²) >= 11 is 0. The Kier molecular flexibility index (Phi) is 9.97. The van der Waals surface area contributed by atoms with Crippen molar-refractivity contribution in [3.8, 4) is 5.75 Å². The van der Waals surface area contributed by atoms with E-state index in [1.165, 1.54) is 12.1 Å². The van der Waals surface area contributed by atoms with Crippen molar-refractivity contribution in [3.63, 3.8) is 0 Å². The number of aromatic nitrogens is 3. The van der Waals surface area contributed by atoms with Gasteiger partial charge in [-0.05, 0) is 17.7 Å². The van der Waals surface area contributed by atoms with Crippen LogP contribution in [0.1, 0.15) is 18.3 Å². The summed E-state index contributed by atoms with van der Waals surface area (Å²) in [5, 5.41) is 11.3. The van der Waals surface area contributed by atoms with E-state index < -0.39 is 6.61 Å². The molecule has 150 valence electrons. The fourth-order valence-electron chi connectivity index (χ4n) is 2.54. The van der Waals surface area contributed by atoms with E-state index >= 15 is 0 Å². The van der Waals surface area contributed by atoms with Gasteiger partial charge < -0.3 is 19.5 Å². The van der Waals surface area contributed by atoms with Gasteiger partial charge in [0.05, 0.1) is 0 Å². The summed E-state index contributed by atoms with van der Waals surface area (Å²) in [6.07, 6.45) is 2.55. The van der Waals surface area contributed by atoms with Crippen molar-refractivity contribution in [2.45, 2.75) is 33.0 Å². The summed E-state index contributed by atoms with van der Waals surface area (Å²) in [6, 6.07) is 6.58. The number of rotatable bonds is 8. The third-order valence-electron chi connectivity index (χ3n) is 3.79. The number of halogens is 3. The second kappa shape index (κ2) is 11.7. The molecule has 2 aromatic rings. The van der Waals surface area contributed by atoms with Gasteiger partial charge in [0.1, 0.15) is 17.9 Å². The van der Waals surface area contributed by atoms with Gasteiger partial charge in [-0.3, -0.25) is 4.99 Å². The van der Waals surface area contributed by atoms with Crippen LogP contribution in [0.2, 0.25) is 0 Å². The van der Waals surface area contributed by atoms with Gasteiger partial charge in [-0.2, -0.15) is 8.78 Å². The van der Waals surface area contributed by atoms with Crippen molar-refractivity contribution in [1.82, 2.24) is 25.0 Å².